The van der Waals surface area contributed by atoms with Crippen LogP contribution in [-0.4, -0.2) is 86.8 Å². The number of piperazine rings is 1. The summed E-state index contributed by atoms with van der Waals surface area (Å²) in [6.07, 6.45) is 0.0351. The van der Waals surface area contributed by atoms with Crippen LogP contribution in [0.15, 0.2) is 23.6 Å². The first-order chi connectivity index (χ1) is 18.0. The Kier molecular flexibility index (Phi) is 7.55. The minimum Gasteiger partial charge on any atom is -0.534 e. The summed E-state index contributed by atoms with van der Waals surface area (Å²) in [7, 11) is -1.59. The van der Waals surface area contributed by atoms with Gasteiger partial charge in [-0.1, -0.05) is 12.1 Å². The molecule has 1 saturated heterocycles. The molecule has 0 radical (unpaired) electrons. The molecule has 0 bridgehead atoms. The lowest BCUT2D eigenvalue weighted by Crippen LogP contribution is -2.61. The number of nitrogens with zero attached hydrogens (tertiary/aromatic N) is 3. The second-order valence-electron chi connectivity index (χ2n) is 8.97. The molecule has 16 heteroatoms. The number of aromatic carboxylic acids is 1. The zero-order chi connectivity index (χ0) is 27.7. The van der Waals surface area contributed by atoms with E-state index < -0.39 is 48.8 Å². The lowest BCUT2D eigenvalue weighted by atomic mass is 9.72. The van der Waals surface area contributed by atoms with Gasteiger partial charge in [0.05, 0.1) is 17.2 Å². The number of thiazole rings is 1. The van der Waals surface area contributed by atoms with E-state index in [9.17, 15) is 34.1 Å². The average Bonchev–Trinajstić information content (AvgIpc) is 3.29. The van der Waals surface area contributed by atoms with Gasteiger partial charge in [0.2, 0.25) is 5.91 Å². The van der Waals surface area contributed by atoms with Gasteiger partial charge in [-0.15, -0.1) is 11.3 Å². The number of imide groups is 1. The van der Waals surface area contributed by atoms with Crippen LogP contribution in [0, 0.1) is 0 Å². The summed E-state index contributed by atoms with van der Waals surface area (Å²) < 4.78 is 5.40. The summed E-state index contributed by atoms with van der Waals surface area (Å²) in [6.45, 7) is 3.57. The number of carboxylic acid groups (broad SMARTS) is 1. The van der Waals surface area contributed by atoms with E-state index >= 15 is 0 Å². The number of carbonyl (C=O) groups is 5. The van der Waals surface area contributed by atoms with E-state index in [1.54, 1.807) is 19.9 Å². The molecule has 2 aliphatic rings. The van der Waals surface area contributed by atoms with Crippen molar-refractivity contribution in [3.63, 3.8) is 0 Å². The first-order valence-electron chi connectivity index (χ1n) is 11.6. The minimum atomic E-state index is -1.59. The number of nitrogen functional groups attached to an aromatic ring is 1. The van der Waals surface area contributed by atoms with E-state index in [-0.39, 0.29) is 47.7 Å². The highest BCUT2D eigenvalue weighted by Gasteiger charge is 2.41. The number of nitrogens with one attached hydrogen (secondary N) is 2. The molecular weight excluding hydrogens is 519 g/mol. The summed E-state index contributed by atoms with van der Waals surface area (Å²) in [4.78, 5) is 68.9. The largest absolute Gasteiger partial charge is 0.547 e. The number of benzene rings is 1. The third kappa shape index (κ3) is 5.26. The van der Waals surface area contributed by atoms with E-state index in [4.69, 9.17) is 10.4 Å². The number of carboxylic acids is 1. The molecule has 3 heterocycles. The number of anilines is 1. The molecule has 4 rings (SSSR count). The Morgan fingerprint density at radius 2 is 1.97 bits per heavy atom. The Morgan fingerprint density at radius 3 is 2.61 bits per heavy atom. The molecule has 1 fully saturated rings. The van der Waals surface area contributed by atoms with Crippen molar-refractivity contribution in [3.05, 3.63) is 40.4 Å². The van der Waals surface area contributed by atoms with Crippen LogP contribution in [0.1, 0.15) is 41.5 Å². The molecule has 1 aromatic carbocycles. The zero-order valence-corrected chi connectivity index (χ0v) is 21.2. The highest BCUT2D eigenvalue weighted by atomic mass is 32.1. The topological polar surface area (TPSA) is 204 Å². The summed E-state index contributed by atoms with van der Waals surface area (Å²) in [6, 6.07) is 1.82. The zero-order valence-electron chi connectivity index (χ0n) is 20.4. The lowest BCUT2D eigenvalue weighted by Gasteiger charge is -2.35. The van der Waals surface area contributed by atoms with Crippen molar-refractivity contribution in [3.8, 4) is 5.75 Å². The van der Waals surface area contributed by atoms with Crippen molar-refractivity contribution in [1.82, 2.24) is 25.4 Å². The van der Waals surface area contributed by atoms with Crippen molar-refractivity contribution >= 4 is 53.3 Å². The van der Waals surface area contributed by atoms with Crippen LogP contribution in [0.4, 0.5) is 9.93 Å². The number of carbonyl (C=O) groups excluding carboxylic acids is 4. The molecule has 0 saturated carbocycles. The highest BCUT2D eigenvalue weighted by molar-refractivity contribution is 7.13. The Labute approximate surface area is 220 Å². The first kappa shape index (κ1) is 26.9. The first-order valence-corrected chi connectivity index (χ1v) is 12.5. The normalized spacial score (nSPS) is 18.1. The lowest BCUT2D eigenvalue weighted by molar-refractivity contribution is -0.155. The maximum absolute atomic E-state index is 13.3. The number of fused-ring (bicyclic) bond motifs is 1. The maximum Gasteiger partial charge on any atom is 0.547 e. The van der Waals surface area contributed by atoms with Gasteiger partial charge in [-0.2, -0.15) is 0 Å². The van der Waals surface area contributed by atoms with E-state index in [0.717, 1.165) is 16.2 Å². The number of hydrogen-bond donors (Lipinski definition) is 5. The predicted octanol–water partition coefficient (Wildman–Crippen LogP) is -0.607. The second kappa shape index (κ2) is 10.7. The number of amides is 5. The van der Waals surface area contributed by atoms with Crippen molar-refractivity contribution in [1.29, 1.82) is 0 Å². The van der Waals surface area contributed by atoms with Crippen molar-refractivity contribution in [2.75, 3.05) is 18.8 Å². The predicted molar refractivity (Wildman–Crippen MR) is 134 cm³/mol. The van der Waals surface area contributed by atoms with Crippen LogP contribution in [0.25, 0.3) is 0 Å². The number of urea groups is 1. The number of nitrogens with two attached hydrogens (primary N) is 1. The number of aromatic nitrogens is 1. The fourth-order valence-corrected chi connectivity index (χ4v) is 4.81. The quantitative estimate of drug-likeness (QED) is 0.231. The van der Waals surface area contributed by atoms with Crippen LogP contribution >= 0.6 is 11.3 Å². The molecule has 14 nitrogen and oxygen atoms in total. The Morgan fingerprint density at radius 1 is 1.24 bits per heavy atom. The number of rotatable bonds is 6. The van der Waals surface area contributed by atoms with Crippen molar-refractivity contribution in [2.45, 2.75) is 38.3 Å². The number of hydrogen-bond acceptors (Lipinski definition) is 10. The van der Waals surface area contributed by atoms with E-state index in [0.29, 0.717) is 5.56 Å². The van der Waals surface area contributed by atoms with Gasteiger partial charge in [-0.3, -0.25) is 19.3 Å². The van der Waals surface area contributed by atoms with Crippen molar-refractivity contribution in [2.24, 2.45) is 0 Å². The van der Waals surface area contributed by atoms with E-state index in [2.05, 4.69) is 15.6 Å². The Bertz CT molecular complexity index is 1300. The third-order valence-electron chi connectivity index (χ3n) is 6.16. The Balaban J connectivity index is 1.52. The second-order valence-corrected chi connectivity index (χ2v) is 9.86. The van der Waals surface area contributed by atoms with Gasteiger partial charge >= 0.3 is 30.9 Å². The van der Waals surface area contributed by atoms with Gasteiger partial charge in [0, 0.05) is 24.5 Å². The molecule has 1 aromatic heterocycles. The summed E-state index contributed by atoms with van der Waals surface area (Å²) >= 11 is 1.02. The molecule has 5 amide bonds. The number of para-hydroxylation sites is 1. The highest BCUT2D eigenvalue weighted by Crippen LogP contribution is 2.30. The van der Waals surface area contributed by atoms with E-state index in [1.807, 2.05) is 0 Å². The van der Waals surface area contributed by atoms with Crippen LogP contribution in [0.3, 0.4) is 0 Å². The van der Waals surface area contributed by atoms with E-state index in [1.165, 1.54) is 22.4 Å². The maximum atomic E-state index is 13.3. The van der Waals surface area contributed by atoms with Crippen LogP contribution in [0.2, 0.25) is 0 Å². The smallest absolute Gasteiger partial charge is 0.534 e. The summed E-state index contributed by atoms with van der Waals surface area (Å²) in [5.41, 5.74) is 6.11. The molecule has 2 aromatic rings. The SMILES string of the molecule is CC(C)N1CCN(C(=O)NC(C(=O)N[C@H]2Cc3cccc(C(=O)O)c3OB2O)c2csc(N)n2)C(=O)C1=O. The minimum absolute atomic E-state index is 0.00107. The molecule has 2 aliphatic heterocycles. The molecule has 38 heavy (non-hydrogen) atoms. The molecule has 0 spiro atoms. The summed E-state index contributed by atoms with van der Waals surface area (Å²) in [5.74, 6) is -4.90. The third-order valence-corrected chi connectivity index (χ3v) is 6.86. The van der Waals surface area contributed by atoms with Gasteiger partial charge in [-0.25, -0.2) is 14.6 Å². The molecule has 0 aliphatic carbocycles. The average molecular weight is 544 g/mol. The van der Waals surface area contributed by atoms with Gasteiger partial charge in [0.1, 0.15) is 5.75 Å². The van der Waals surface area contributed by atoms with Gasteiger partial charge < -0.3 is 36.1 Å². The molecule has 6 N–H and O–H groups in total. The van der Waals surface area contributed by atoms with Crippen LogP contribution in [-0.2, 0) is 20.8 Å². The van der Waals surface area contributed by atoms with Crippen LogP contribution < -0.4 is 21.0 Å². The fraction of sp³-hybridized carbons (Fsp3) is 0.364. The molecule has 1 unspecified atom stereocenters. The van der Waals surface area contributed by atoms with Crippen molar-refractivity contribution < 1.29 is 38.8 Å². The monoisotopic (exact) mass is 544 g/mol. The molecular formula is C22H25BN6O8S. The van der Waals surface area contributed by atoms with Crippen LogP contribution in [0.5, 0.6) is 5.75 Å². The fourth-order valence-electron chi connectivity index (χ4n) is 4.23. The summed E-state index contributed by atoms with van der Waals surface area (Å²) in [5, 5.41) is 26.5. The standard InChI is InChI=1S/C22H25BN6O8S/c1-10(2)28-6-7-29(19(32)18(28)31)22(35)27-15(13-9-38-21(24)25-13)17(30)26-14-8-11-4-3-5-12(20(33)34)16(11)37-23(14)36/h3-5,9-10,14-15,36H,6-8H2,1-2H3,(H2,24,25)(H,26,30)(H,27,35)(H,33,34)/t14-,15?/m0/s1. The molecule has 2 atom stereocenters. The molecule has 200 valence electrons. The van der Waals surface area contributed by atoms with Gasteiger partial charge in [0.15, 0.2) is 11.2 Å². The Hall–Kier alpha value is -4.18. The van der Waals surface area contributed by atoms with Gasteiger partial charge in [0.25, 0.3) is 0 Å². The van der Waals surface area contributed by atoms with Gasteiger partial charge in [-0.05, 0) is 31.9 Å².